The molecule has 7 heteroatoms. The first kappa shape index (κ1) is 20.2. The van der Waals surface area contributed by atoms with Gasteiger partial charge < -0.3 is 10.5 Å². The minimum Gasteiger partial charge on any atom is -0.490 e. The second-order valence-electron chi connectivity index (χ2n) is 6.49. The number of nitrogens with two attached hydrogens (primary N) is 1. The first-order valence-electron chi connectivity index (χ1n) is 8.87. The van der Waals surface area contributed by atoms with E-state index in [4.69, 9.17) is 10.5 Å². The maximum Gasteiger partial charge on any atom is 0.145 e. The summed E-state index contributed by atoms with van der Waals surface area (Å²) < 4.78 is 8.15. The fourth-order valence-corrected chi connectivity index (χ4v) is 3.18. The van der Waals surface area contributed by atoms with Crippen LogP contribution in [0, 0.1) is 22.7 Å². The Balaban J connectivity index is 2.17. The van der Waals surface area contributed by atoms with Crippen molar-refractivity contribution in [2.45, 2.75) is 20.0 Å². The second kappa shape index (κ2) is 8.64. The lowest BCUT2D eigenvalue weighted by Gasteiger charge is -2.13. The summed E-state index contributed by atoms with van der Waals surface area (Å²) in [5.41, 5.74) is 8.16. The number of hydrogen-bond donors (Lipinski definition) is 1. The van der Waals surface area contributed by atoms with Crippen LogP contribution in [0.1, 0.15) is 30.7 Å². The summed E-state index contributed by atoms with van der Waals surface area (Å²) in [4.78, 5) is 0. The predicted octanol–water partition coefficient (Wildman–Crippen LogP) is 4.94. The third-order valence-electron chi connectivity index (χ3n) is 4.04. The molecule has 0 bridgehead atoms. The highest BCUT2D eigenvalue weighted by molar-refractivity contribution is 9.10. The number of nitrogen functional groups attached to an aromatic ring is 1. The molecule has 0 aliphatic heterocycles. The number of hydrogen-bond acceptors (Lipinski definition) is 5. The number of aromatic nitrogens is 2. The van der Waals surface area contributed by atoms with Crippen LogP contribution in [-0.2, 0) is 0 Å². The van der Waals surface area contributed by atoms with Gasteiger partial charge in [0.2, 0.25) is 0 Å². The molecule has 3 aromatic rings. The van der Waals surface area contributed by atoms with Crippen LogP contribution in [0.15, 0.2) is 53.0 Å². The Hall–Kier alpha value is -3.55. The van der Waals surface area contributed by atoms with Crippen molar-refractivity contribution in [2.24, 2.45) is 0 Å². The maximum atomic E-state index is 9.80. The zero-order valence-corrected chi connectivity index (χ0v) is 17.5. The van der Waals surface area contributed by atoms with Crippen molar-refractivity contribution >= 4 is 33.4 Å². The van der Waals surface area contributed by atoms with E-state index in [2.05, 4.69) is 33.2 Å². The Bertz CT molecular complexity index is 1150. The number of anilines is 1. The van der Waals surface area contributed by atoms with E-state index < -0.39 is 0 Å². The van der Waals surface area contributed by atoms with Gasteiger partial charge in [-0.25, -0.2) is 4.68 Å². The summed E-state index contributed by atoms with van der Waals surface area (Å²) in [6, 6.07) is 19.0. The van der Waals surface area contributed by atoms with Gasteiger partial charge in [-0.1, -0.05) is 34.1 Å². The van der Waals surface area contributed by atoms with Gasteiger partial charge >= 0.3 is 0 Å². The predicted molar refractivity (Wildman–Crippen MR) is 116 cm³/mol. The number of ether oxygens (including phenoxy) is 1. The molecule has 0 saturated carbocycles. The Labute approximate surface area is 177 Å². The zero-order chi connectivity index (χ0) is 21.0. The van der Waals surface area contributed by atoms with Crippen molar-refractivity contribution in [2.75, 3.05) is 5.73 Å². The molecule has 1 heterocycles. The number of halogens is 1. The molecule has 29 heavy (non-hydrogen) atoms. The van der Waals surface area contributed by atoms with E-state index in [1.165, 1.54) is 4.68 Å². The third kappa shape index (κ3) is 4.31. The Morgan fingerprint density at radius 2 is 1.93 bits per heavy atom. The van der Waals surface area contributed by atoms with E-state index in [1.807, 2.05) is 62.4 Å². The molecule has 0 fully saturated rings. The van der Waals surface area contributed by atoms with Crippen molar-refractivity contribution in [1.29, 1.82) is 10.5 Å². The first-order valence-corrected chi connectivity index (χ1v) is 9.66. The Morgan fingerprint density at radius 1 is 1.21 bits per heavy atom. The van der Waals surface area contributed by atoms with Gasteiger partial charge in [0.15, 0.2) is 0 Å². The lowest BCUT2D eigenvalue weighted by Crippen LogP contribution is -2.06. The number of para-hydroxylation sites is 1. The lowest BCUT2D eigenvalue weighted by molar-refractivity contribution is 0.242. The maximum absolute atomic E-state index is 9.80. The van der Waals surface area contributed by atoms with Crippen LogP contribution < -0.4 is 10.5 Å². The molecular weight excluding hydrogens is 430 g/mol. The van der Waals surface area contributed by atoms with Crippen molar-refractivity contribution in [3.05, 3.63) is 69.8 Å². The molecule has 0 atom stereocenters. The van der Waals surface area contributed by atoms with Gasteiger partial charge in [0.1, 0.15) is 35.0 Å². The fourth-order valence-electron chi connectivity index (χ4n) is 2.80. The van der Waals surface area contributed by atoms with Gasteiger partial charge in [0.05, 0.1) is 17.4 Å². The quantitative estimate of drug-likeness (QED) is 0.558. The van der Waals surface area contributed by atoms with E-state index in [0.717, 1.165) is 4.47 Å². The van der Waals surface area contributed by atoms with Gasteiger partial charge in [-0.05, 0) is 50.3 Å². The van der Waals surface area contributed by atoms with Crippen LogP contribution in [0.25, 0.3) is 17.3 Å². The minimum absolute atomic E-state index is 0.0311. The molecule has 1 aromatic heterocycles. The van der Waals surface area contributed by atoms with Crippen LogP contribution in [-0.4, -0.2) is 15.9 Å². The van der Waals surface area contributed by atoms with Gasteiger partial charge in [0.25, 0.3) is 0 Å². The van der Waals surface area contributed by atoms with Gasteiger partial charge in [0, 0.05) is 10.0 Å². The average molecular weight is 448 g/mol. The molecule has 6 nitrogen and oxygen atoms in total. The normalized spacial score (nSPS) is 11.2. The molecule has 144 valence electrons. The molecule has 0 spiro atoms. The Morgan fingerprint density at radius 3 is 2.55 bits per heavy atom. The molecule has 0 aliphatic carbocycles. The summed E-state index contributed by atoms with van der Waals surface area (Å²) >= 11 is 3.45. The van der Waals surface area contributed by atoms with Crippen molar-refractivity contribution in [1.82, 2.24) is 9.78 Å². The standard InChI is InChI=1S/C22H18BrN5O/c1-14(2)29-20-9-8-17(23)11-15(20)10-16(12-24)21-19(13-25)22(26)28(27-21)18-6-4-3-5-7-18/h3-11,14H,26H2,1-2H3/b16-10-. The number of nitriles is 2. The number of benzene rings is 2. The van der Waals surface area contributed by atoms with Gasteiger partial charge in [-0.3, -0.25) is 0 Å². The summed E-state index contributed by atoms with van der Waals surface area (Å²) in [6.45, 7) is 3.85. The molecule has 2 N–H and O–H groups in total. The van der Waals surface area contributed by atoms with Crippen molar-refractivity contribution in [3.8, 4) is 23.6 Å². The molecule has 0 radical (unpaired) electrons. The van der Waals surface area contributed by atoms with Crippen molar-refractivity contribution < 1.29 is 4.74 Å². The molecule has 0 amide bonds. The Kier molecular flexibility index (Phi) is 6.01. The van der Waals surface area contributed by atoms with E-state index in [9.17, 15) is 10.5 Å². The van der Waals surface area contributed by atoms with Crippen LogP contribution in [0.5, 0.6) is 5.75 Å². The highest BCUT2D eigenvalue weighted by atomic mass is 79.9. The second-order valence-corrected chi connectivity index (χ2v) is 7.40. The SMILES string of the molecule is CC(C)Oc1ccc(Br)cc1/C=C(/C#N)c1nn(-c2ccccc2)c(N)c1C#N. The van der Waals surface area contributed by atoms with Crippen molar-refractivity contribution in [3.63, 3.8) is 0 Å². The topological polar surface area (TPSA) is 101 Å². The van der Waals surface area contributed by atoms with E-state index in [1.54, 1.807) is 6.08 Å². The summed E-state index contributed by atoms with van der Waals surface area (Å²) in [7, 11) is 0. The molecule has 0 unspecified atom stereocenters. The van der Waals surface area contributed by atoms with E-state index in [-0.39, 0.29) is 28.8 Å². The van der Waals surface area contributed by atoms with Crippen LogP contribution in [0.3, 0.4) is 0 Å². The van der Waals surface area contributed by atoms with Crippen LogP contribution in [0.4, 0.5) is 5.82 Å². The first-order chi connectivity index (χ1) is 13.9. The highest BCUT2D eigenvalue weighted by Crippen LogP contribution is 2.31. The monoisotopic (exact) mass is 447 g/mol. The third-order valence-corrected chi connectivity index (χ3v) is 4.54. The van der Waals surface area contributed by atoms with Gasteiger partial charge in [-0.2, -0.15) is 15.6 Å². The lowest BCUT2D eigenvalue weighted by atomic mass is 10.1. The average Bonchev–Trinajstić information content (AvgIpc) is 3.04. The van der Waals surface area contributed by atoms with Gasteiger partial charge in [-0.15, -0.1) is 0 Å². The molecule has 3 rings (SSSR count). The van der Waals surface area contributed by atoms with Crippen LogP contribution >= 0.6 is 15.9 Å². The number of allylic oxidation sites excluding steroid dienone is 1. The number of nitrogens with zero attached hydrogens (tertiary/aromatic N) is 4. The fraction of sp³-hybridized carbons (Fsp3) is 0.136. The summed E-state index contributed by atoms with van der Waals surface area (Å²) in [5, 5.41) is 23.9. The van der Waals surface area contributed by atoms with E-state index >= 15 is 0 Å². The minimum atomic E-state index is -0.0311. The smallest absolute Gasteiger partial charge is 0.145 e. The molecule has 2 aromatic carbocycles. The summed E-state index contributed by atoms with van der Waals surface area (Å²) in [6.07, 6.45) is 1.62. The van der Waals surface area contributed by atoms with E-state index in [0.29, 0.717) is 17.0 Å². The largest absolute Gasteiger partial charge is 0.490 e. The number of rotatable bonds is 5. The molecule has 0 aliphatic rings. The zero-order valence-electron chi connectivity index (χ0n) is 15.9. The van der Waals surface area contributed by atoms with Crippen LogP contribution in [0.2, 0.25) is 0 Å². The highest BCUT2D eigenvalue weighted by Gasteiger charge is 2.20. The molecular formula is C22H18BrN5O. The summed E-state index contributed by atoms with van der Waals surface area (Å²) in [5.74, 6) is 0.813. The molecule has 0 saturated heterocycles.